The minimum absolute atomic E-state index is 0.0690. The first-order valence-corrected chi connectivity index (χ1v) is 12.0. The SMILES string of the molecule is CCCC1=C(c2nc(C)c(Cl)c(C)n2)CN(C(=O)c2ccc(F)cc2OC2CCNCC2F)C1. The largest absolute Gasteiger partial charge is 0.486 e. The zero-order valence-electron chi connectivity index (χ0n) is 19.6. The fourth-order valence-corrected chi connectivity index (χ4v) is 4.54. The lowest BCUT2D eigenvalue weighted by atomic mass is 10.1. The topological polar surface area (TPSA) is 67.4 Å². The molecule has 1 amide bonds. The normalized spacial score (nSPS) is 20.7. The number of rotatable bonds is 6. The first-order valence-electron chi connectivity index (χ1n) is 11.6. The third-order valence-corrected chi connectivity index (χ3v) is 6.80. The predicted molar refractivity (Wildman–Crippen MR) is 127 cm³/mol. The van der Waals surface area contributed by atoms with E-state index in [0.29, 0.717) is 48.3 Å². The number of carbonyl (C=O) groups is 1. The monoisotopic (exact) mass is 490 g/mol. The molecule has 0 aliphatic carbocycles. The lowest BCUT2D eigenvalue weighted by molar-refractivity contribution is 0.0676. The van der Waals surface area contributed by atoms with Gasteiger partial charge in [0.05, 0.1) is 28.5 Å². The standard InChI is InChI=1S/C25H29ClF2N4O2/c1-4-5-16-12-32(13-19(16)24-30-14(2)23(26)15(3)31-24)25(33)18-7-6-17(27)10-22(18)34-21-8-9-29-11-20(21)28/h6-7,10,20-21,29H,4-5,8-9,11-13H2,1-3H3. The van der Waals surface area contributed by atoms with Crippen molar-refractivity contribution in [3.63, 3.8) is 0 Å². The third-order valence-electron chi connectivity index (χ3n) is 6.25. The molecule has 6 nitrogen and oxygen atoms in total. The number of halogens is 3. The van der Waals surface area contributed by atoms with Gasteiger partial charge in [0.1, 0.15) is 23.8 Å². The summed E-state index contributed by atoms with van der Waals surface area (Å²) >= 11 is 6.25. The van der Waals surface area contributed by atoms with Gasteiger partial charge in [0, 0.05) is 24.7 Å². The van der Waals surface area contributed by atoms with Crippen LogP contribution in [0.3, 0.4) is 0 Å². The van der Waals surface area contributed by atoms with Crippen LogP contribution >= 0.6 is 11.6 Å². The average Bonchev–Trinajstić information content (AvgIpc) is 3.22. The van der Waals surface area contributed by atoms with E-state index in [4.69, 9.17) is 16.3 Å². The first-order chi connectivity index (χ1) is 16.3. The number of benzene rings is 1. The highest BCUT2D eigenvalue weighted by atomic mass is 35.5. The highest BCUT2D eigenvalue weighted by Gasteiger charge is 2.32. The summed E-state index contributed by atoms with van der Waals surface area (Å²) in [6.07, 6.45) is 0.184. The lowest BCUT2D eigenvalue weighted by Gasteiger charge is -2.28. The number of aromatic nitrogens is 2. The Balaban J connectivity index is 1.61. The number of ether oxygens (including phenoxy) is 1. The predicted octanol–water partition coefficient (Wildman–Crippen LogP) is 4.67. The van der Waals surface area contributed by atoms with Crippen LogP contribution in [0.4, 0.5) is 8.78 Å². The molecule has 1 aromatic carbocycles. The van der Waals surface area contributed by atoms with E-state index >= 15 is 0 Å². The highest BCUT2D eigenvalue weighted by molar-refractivity contribution is 6.31. The van der Waals surface area contributed by atoms with Crippen LogP contribution < -0.4 is 10.1 Å². The maximum atomic E-state index is 14.3. The van der Waals surface area contributed by atoms with Gasteiger partial charge in [-0.1, -0.05) is 24.9 Å². The van der Waals surface area contributed by atoms with Crippen molar-refractivity contribution in [1.82, 2.24) is 20.2 Å². The van der Waals surface area contributed by atoms with Crippen molar-refractivity contribution < 1.29 is 18.3 Å². The molecule has 2 atom stereocenters. The Bertz CT molecular complexity index is 1100. The minimum Gasteiger partial charge on any atom is -0.486 e. The molecule has 1 fully saturated rings. The van der Waals surface area contributed by atoms with Crippen molar-refractivity contribution in [3.8, 4) is 5.75 Å². The van der Waals surface area contributed by atoms with E-state index in [9.17, 15) is 13.6 Å². The fourth-order valence-electron chi connectivity index (χ4n) is 4.46. The van der Waals surface area contributed by atoms with Crippen molar-refractivity contribution in [3.05, 3.63) is 57.4 Å². The molecule has 1 aromatic heterocycles. The molecule has 0 bridgehead atoms. The molecular weight excluding hydrogens is 462 g/mol. The summed E-state index contributed by atoms with van der Waals surface area (Å²) in [7, 11) is 0. The van der Waals surface area contributed by atoms with E-state index < -0.39 is 18.1 Å². The number of carbonyl (C=O) groups excluding carboxylic acids is 1. The van der Waals surface area contributed by atoms with Gasteiger partial charge in [-0.05, 0) is 50.9 Å². The Hall–Kier alpha value is -2.58. The zero-order valence-corrected chi connectivity index (χ0v) is 20.4. The Labute approximate surface area is 203 Å². The molecule has 0 saturated carbocycles. The second kappa shape index (κ2) is 10.4. The van der Waals surface area contributed by atoms with Gasteiger partial charge in [0.2, 0.25) is 0 Å². The van der Waals surface area contributed by atoms with Crippen LogP contribution in [0.2, 0.25) is 5.02 Å². The van der Waals surface area contributed by atoms with E-state index in [1.54, 1.807) is 4.90 Å². The molecule has 2 aromatic rings. The molecule has 9 heteroatoms. The van der Waals surface area contributed by atoms with E-state index in [0.717, 1.165) is 30.1 Å². The van der Waals surface area contributed by atoms with Crippen LogP contribution in [0, 0.1) is 19.7 Å². The number of aryl methyl sites for hydroxylation is 2. The van der Waals surface area contributed by atoms with Gasteiger partial charge in [-0.25, -0.2) is 18.7 Å². The fraction of sp³-hybridized carbons (Fsp3) is 0.480. The zero-order chi connectivity index (χ0) is 24.4. The second-order valence-corrected chi connectivity index (χ2v) is 9.21. The van der Waals surface area contributed by atoms with Crippen LogP contribution in [0.25, 0.3) is 5.57 Å². The van der Waals surface area contributed by atoms with Crippen LogP contribution in [0.5, 0.6) is 5.75 Å². The summed E-state index contributed by atoms with van der Waals surface area (Å²) in [5.74, 6) is -0.197. The van der Waals surface area contributed by atoms with Gasteiger partial charge >= 0.3 is 0 Å². The summed E-state index contributed by atoms with van der Waals surface area (Å²) in [6.45, 7) is 7.25. The van der Waals surface area contributed by atoms with E-state index in [-0.39, 0.29) is 23.8 Å². The quantitative estimate of drug-likeness (QED) is 0.637. The van der Waals surface area contributed by atoms with Crippen molar-refractivity contribution in [2.24, 2.45) is 0 Å². The van der Waals surface area contributed by atoms with Gasteiger partial charge in [0.25, 0.3) is 5.91 Å². The molecule has 34 heavy (non-hydrogen) atoms. The van der Waals surface area contributed by atoms with Gasteiger partial charge in [-0.15, -0.1) is 0 Å². The van der Waals surface area contributed by atoms with Gasteiger partial charge in [-0.3, -0.25) is 4.79 Å². The Morgan fingerprint density at radius 2 is 2.00 bits per heavy atom. The van der Waals surface area contributed by atoms with Gasteiger partial charge in [-0.2, -0.15) is 0 Å². The average molecular weight is 491 g/mol. The number of hydrogen-bond donors (Lipinski definition) is 1. The maximum Gasteiger partial charge on any atom is 0.258 e. The lowest BCUT2D eigenvalue weighted by Crippen LogP contribution is -2.44. The third kappa shape index (κ3) is 5.08. The summed E-state index contributed by atoms with van der Waals surface area (Å²) in [6, 6.07) is 3.79. The Morgan fingerprint density at radius 1 is 1.26 bits per heavy atom. The molecule has 3 heterocycles. The summed E-state index contributed by atoms with van der Waals surface area (Å²) in [4.78, 5) is 24.4. The number of nitrogens with one attached hydrogen (secondary N) is 1. The van der Waals surface area contributed by atoms with Crippen molar-refractivity contribution in [1.29, 1.82) is 0 Å². The molecule has 2 aliphatic heterocycles. The van der Waals surface area contributed by atoms with Crippen LogP contribution in [0.1, 0.15) is 53.8 Å². The van der Waals surface area contributed by atoms with Gasteiger partial charge in [0.15, 0.2) is 5.82 Å². The number of amides is 1. The smallest absolute Gasteiger partial charge is 0.258 e. The number of alkyl halides is 1. The summed E-state index contributed by atoms with van der Waals surface area (Å²) < 4.78 is 34.2. The number of piperidine rings is 1. The van der Waals surface area contributed by atoms with E-state index in [1.165, 1.54) is 12.1 Å². The van der Waals surface area contributed by atoms with Crippen molar-refractivity contribution in [2.45, 2.75) is 52.3 Å². The van der Waals surface area contributed by atoms with Gasteiger partial charge < -0.3 is 15.0 Å². The molecule has 2 unspecified atom stereocenters. The molecule has 1 N–H and O–H groups in total. The summed E-state index contributed by atoms with van der Waals surface area (Å²) in [5, 5.41) is 3.49. The van der Waals surface area contributed by atoms with Crippen molar-refractivity contribution >= 4 is 23.1 Å². The molecule has 1 saturated heterocycles. The second-order valence-electron chi connectivity index (χ2n) is 8.83. The minimum atomic E-state index is -1.23. The van der Waals surface area contributed by atoms with E-state index in [2.05, 4.69) is 22.2 Å². The van der Waals surface area contributed by atoms with E-state index in [1.807, 2.05) is 13.8 Å². The van der Waals surface area contributed by atoms with Crippen LogP contribution in [-0.4, -0.2) is 59.2 Å². The molecule has 182 valence electrons. The molecule has 0 spiro atoms. The summed E-state index contributed by atoms with van der Waals surface area (Å²) in [5.41, 5.74) is 3.59. The van der Waals surface area contributed by atoms with Crippen LogP contribution in [0.15, 0.2) is 23.8 Å². The molecule has 2 aliphatic rings. The first kappa shape index (κ1) is 24.5. The molecule has 4 rings (SSSR count). The molecule has 0 radical (unpaired) electrons. The van der Waals surface area contributed by atoms with Crippen molar-refractivity contribution in [2.75, 3.05) is 26.2 Å². The Morgan fingerprint density at radius 3 is 2.68 bits per heavy atom. The molecular formula is C25H29ClF2N4O2. The van der Waals surface area contributed by atoms with Crippen LogP contribution in [-0.2, 0) is 0 Å². The Kier molecular flexibility index (Phi) is 7.48. The number of nitrogens with zero attached hydrogens (tertiary/aromatic N) is 3. The maximum absolute atomic E-state index is 14.3. The number of hydrogen-bond acceptors (Lipinski definition) is 5. The highest BCUT2D eigenvalue weighted by Crippen LogP contribution is 2.32.